The van der Waals surface area contributed by atoms with Crippen LogP contribution in [0.3, 0.4) is 0 Å². The van der Waals surface area contributed by atoms with Crippen LogP contribution >= 0.6 is 0 Å². The first kappa shape index (κ1) is 30.5. The lowest BCUT2D eigenvalue weighted by Crippen LogP contribution is -2.27. The lowest BCUT2D eigenvalue weighted by Gasteiger charge is -2.29. The minimum atomic E-state index is -4.58. The summed E-state index contributed by atoms with van der Waals surface area (Å²) in [6.07, 6.45) is 7.35. The van der Waals surface area contributed by atoms with Gasteiger partial charge in [0.1, 0.15) is 5.75 Å². The highest BCUT2D eigenvalue weighted by molar-refractivity contribution is 5.67. The summed E-state index contributed by atoms with van der Waals surface area (Å²) >= 11 is 0. The van der Waals surface area contributed by atoms with Gasteiger partial charge in [0.15, 0.2) is 0 Å². The van der Waals surface area contributed by atoms with Crippen molar-refractivity contribution in [2.24, 2.45) is 11.7 Å². The summed E-state index contributed by atoms with van der Waals surface area (Å²) in [5.41, 5.74) is 6.99. The number of phenols is 1. The number of benzene rings is 1. The number of hydrogen-bond acceptors (Lipinski definition) is 4. The molecular formula is C28H42F3N3O. The molecular weight excluding hydrogens is 451 g/mol. The lowest BCUT2D eigenvalue weighted by molar-refractivity contribution is -0.138. The molecule has 0 radical (unpaired) electrons. The number of alkyl halides is 3. The molecule has 2 aromatic rings. The van der Waals surface area contributed by atoms with Crippen LogP contribution in [-0.2, 0) is 6.18 Å². The number of unbranched alkanes of at least 4 members (excludes halogenated alkanes) is 3. The van der Waals surface area contributed by atoms with Gasteiger partial charge in [-0.2, -0.15) is 13.2 Å². The summed E-state index contributed by atoms with van der Waals surface area (Å²) in [6, 6.07) is 4.35. The molecule has 1 aliphatic heterocycles. The quantitative estimate of drug-likeness (QED) is 0.403. The van der Waals surface area contributed by atoms with Crippen LogP contribution in [-0.4, -0.2) is 28.6 Å². The average molecular weight is 494 g/mol. The summed E-state index contributed by atoms with van der Waals surface area (Å²) in [7, 11) is 1.73. The Morgan fingerprint density at radius 1 is 1.11 bits per heavy atom. The number of pyridine rings is 1. The summed E-state index contributed by atoms with van der Waals surface area (Å²) in [6.45, 7) is 11.2. The van der Waals surface area contributed by atoms with E-state index in [4.69, 9.17) is 5.73 Å². The van der Waals surface area contributed by atoms with Crippen molar-refractivity contribution in [2.45, 2.75) is 78.9 Å². The molecule has 35 heavy (non-hydrogen) atoms. The van der Waals surface area contributed by atoms with Crippen molar-refractivity contribution < 1.29 is 18.3 Å². The van der Waals surface area contributed by atoms with Gasteiger partial charge in [-0.1, -0.05) is 72.8 Å². The fourth-order valence-electron chi connectivity index (χ4n) is 3.99. The first-order valence-corrected chi connectivity index (χ1v) is 12.6. The van der Waals surface area contributed by atoms with Crippen molar-refractivity contribution in [1.82, 2.24) is 9.88 Å². The summed E-state index contributed by atoms with van der Waals surface area (Å²) in [5.74, 6) is 0.483. The van der Waals surface area contributed by atoms with Gasteiger partial charge in [0.05, 0.1) is 11.6 Å². The van der Waals surface area contributed by atoms with Crippen molar-refractivity contribution in [1.29, 1.82) is 0 Å². The lowest BCUT2D eigenvalue weighted by atomic mass is 9.91. The van der Waals surface area contributed by atoms with E-state index < -0.39 is 23.5 Å². The van der Waals surface area contributed by atoms with E-state index in [2.05, 4.69) is 25.8 Å². The number of fused-ring (bicyclic) bond motifs is 1. The molecule has 0 bridgehead atoms. The van der Waals surface area contributed by atoms with Crippen LogP contribution in [0.15, 0.2) is 42.7 Å². The van der Waals surface area contributed by atoms with E-state index in [-0.39, 0.29) is 5.56 Å². The van der Waals surface area contributed by atoms with E-state index in [0.717, 1.165) is 12.0 Å². The number of nitrogens with zero attached hydrogens (tertiary/aromatic N) is 2. The summed E-state index contributed by atoms with van der Waals surface area (Å²) in [5, 5.41) is 9.50. The number of aromatic nitrogens is 1. The zero-order chi connectivity index (χ0) is 26.6. The average Bonchev–Trinajstić information content (AvgIpc) is 2.94. The second-order valence-electron chi connectivity index (χ2n) is 8.98. The molecule has 0 spiro atoms. The van der Waals surface area contributed by atoms with Crippen LogP contribution in [0.25, 0.3) is 5.70 Å². The molecule has 196 valence electrons. The summed E-state index contributed by atoms with van der Waals surface area (Å²) < 4.78 is 40.5. The Bertz CT molecular complexity index is 926. The Morgan fingerprint density at radius 3 is 2.40 bits per heavy atom. The molecule has 0 aliphatic carbocycles. The third-order valence-electron chi connectivity index (χ3n) is 5.77. The number of aromatic hydroxyl groups is 1. The molecule has 0 saturated heterocycles. The molecule has 3 rings (SSSR count). The van der Waals surface area contributed by atoms with Gasteiger partial charge in [-0.15, -0.1) is 0 Å². The standard InChI is InChI=1S/C17H16F3N3O.C9H20.C2H6/c1-23-7-5-15(21)13-9-22-6-4-11(13)16(23)12-3-2-10(24)8-14(12)17(18,19)20;1-4-5-6-7-8-9(2)3;1-2/h2-6,8-9,16,24H,7,21H2,1H3;9H,4-8H2,1-3H3;1-2H3. The van der Waals surface area contributed by atoms with E-state index in [1.807, 2.05) is 13.8 Å². The third kappa shape index (κ3) is 9.21. The zero-order valence-electron chi connectivity index (χ0n) is 22.0. The molecule has 1 atom stereocenters. The van der Waals surface area contributed by atoms with Crippen LogP contribution in [0.4, 0.5) is 13.2 Å². The van der Waals surface area contributed by atoms with Crippen molar-refractivity contribution in [3.8, 4) is 5.75 Å². The maximum absolute atomic E-state index is 13.5. The van der Waals surface area contributed by atoms with Crippen LogP contribution in [0.5, 0.6) is 5.75 Å². The molecule has 1 unspecified atom stereocenters. The smallest absolute Gasteiger partial charge is 0.416 e. The minimum Gasteiger partial charge on any atom is -0.508 e. The topological polar surface area (TPSA) is 62.4 Å². The molecule has 0 fully saturated rings. The number of likely N-dealkylation sites (N-methyl/N-ethyl adjacent to an activating group) is 1. The van der Waals surface area contributed by atoms with E-state index >= 15 is 0 Å². The number of phenolic OH excluding ortho intramolecular Hbond substituents is 1. The molecule has 4 nitrogen and oxygen atoms in total. The monoisotopic (exact) mass is 493 g/mol. The first-order chi connectivity index (χ1) is 16.6. The van der Waals surface area contributed by atoms with E-state index in [0.29, 0.717) is 23.4 Å². The predicted molar refractivity (Wildman–Crippen MR) is 139 cm³/mol. The van der Waals surface area contributed by atoms with Gasteiger partial charge in [-0.3, -0.25) is 9.88 Å². The zero-order valence-corrected chi connectivity index (χ0v) is 22.0. The first-order valence-electron chi connectivity index (χ1n) is 12.6. The fourth-order valence-corrected chi connectivity index (χ4v) is 3.99. The van der Waals surface area contributed by atoms with Crippen LogP contribution in [0.2, 0.25) is 0 Å². The molecule has 1 aliphatic rings. The second kappa shape index (κ2) is 14.8. The van der Waals surface area contributed by atoms with Gasteiger partial charge in [-0.25, -0.2) is 0 Å². The fraction of sp³-hybridized carbons (Fsp3) is 0.536. The van der Waals surface area contributed by atoms with E-state index in [1.54, 1.807) is 30.3 Å². The number of hydrogen-bond donors (Lipinski definition) is 2. The van der Waals surface area contributed by atoms with Crippen LogP contribution in [0, 0.1) is 5.92 Å². The molecule has 1 aromatic heterocycles. The van der Waals surface area contributed by atoms with Gasteiger partial charge < -0.3 is 10.8 Å². The van der Waals surface area contributed by atoms with Gasteiger partial charge in [0.25, 0.3) is 0 Å². The van der Waals surface area contributed by atoms with Gasteiger partial charge in [-0.05, 0) is 48.4 Å². The minimum absolute atomic E-state index is 0.0679. The Hall–Kier alpha value is -2.54. The molecule has 0 saturated carbocycles. The maximum atomic E-state index is 13.5. The summed E-state index contributed by atoms with van der Waals surface area (Å²) in [4.78, 5) is 5.81. The largest absolute Gasteiger partial charge is 0.508 e. The maximum Gasteiger partial charge on any atom is 0.416 e. The Morgan fingerprint density at radius 2 is 1.80 bits per heavy atom. The molecule has 0 amide bonds. The van der Waals surface area contributed by atoms with Gasteiger partial charge >= 0.3 is 6.18 Å². The molecule has 7 heteroatoms. The Kier molecular flexibility index (Phi) is 12.9. The highest BCUT2D eigenvalue weighted by Gasteiger charge is 2.38. The number of rotatable bonds is 6. The molecule has 2 heterocycles. The van der Waals surface area contributed by atoms with Crippen molar-refractivity contribution in [2.75, 3.05) is 13.6 Å². The van der Waals surface area contributed by atoms with Crippen molar-refractivity contribution in [3.63, 3.8) is 0 Å². The SMILES string of the molecule is CC.CCCCCCC(C)C.CN1CC=C(N)c2cnccc2C1c1ccc(O)cc1C(F)(F)F. The normalized spacial score (nSPS) is 15.7. The number of halogens is 3. The highest BCUT2D eigenvalue weighted by Crippen LogP contribution is 2.42. The highest BCUT2D eigenvalue weighted by atomic mass is 19.4. The van der Waals surface area contributed by atoms with Crippen molar-refractivity contribution in [3.05, 3.63) is 65.0 Å². The van der Waals surface area contributed by atoms with Gasteiger partial charge in [0, 0.05) is 30.2 Å². The Labute approximate surface area is 209 Å². The number of nitrogens with two attached hydrogens (primary N) is 1. The van der Waals surface area contributed by atoms with Crippen LogP contribution in [0.1, 0.15) is 95.0 Å². The van der Waals surface area contributed by atoms with Crippen molar-refractivity contribution >= 4 is 5.70 Å². The second-order valence-corrected chi connectivity index (χ2v) is 8.98. The van der Waals surface area contributed by atoms with Gasteiger partial charge in [0.2, 0.25) is 0 Å². The Balaban J connectivity index is 0.000000473. The molecule has 3 N–H and O–H groups in total. The van der Waals surface area contributed by atoms with Crippen LogP contribution < -0.4 is 5.73 Å². The molecule has 1 aromatic carbocycles. The third-order valence-corrected chi connectivity index (χ3v) is 5.77. The van der Waals surface area contributed by atoms with E-state index in [1.165, 1.54) is 50.4 Å². The van der Waals surface area contributed by atoms with E-state index in [9.17, 15) is 18.3 Å². The predicted octanol–water partition coefficient (Wildman–Crippen LogP) is 7.78.